The quantitative estimate of drug-likeness (QED) is 0.129. The van der Waals surface area contributed by atoms with E-state index in [1.807, 2.05) is 24.3 Å². The molecule has 1 aliphatic carbocycles. The van der Waals surface area contributed by atoms with Crippen LogP contribution < -0.4 is 24.8 Å². The second kappa shape index (κ2) is 15.5. The maximum atomic E-state index is 13.5. The summed E-state index contributed by atoms with van der Waals surface area (Å²) in [7, 11) is 0. The van der Waals surface area contributed by atoms with Gasteiger partial charge in [-0.05, 0) is 68.9 Å². The fourth-order valence-corrected chi connectivity index (χ4v) is 7.49. The Morgan fingerprint density at radius 1 is 1.10 bits per heavy atom. The predicted molar refractivity (Wildman–Crippen MR) is 185 cm³/mol. The van der Waals surface area contributed by atoms with E-state index >= 15 is 0 Å². The van der Waals surface area contributed by atoms with Crippen molar-refractivity contribution in [2.75, 3.05) is 33.0 Å². The number of hydrogen-bond donors (Lipinski definition) is 4. The van der Waals surface area contributed by atoms with Gasteiger partial charge in [-0.1, -0.05) is 17.7 Å². The summed E-state index contributed by atoms with van der Waals surface area (Å²) >= 11 is 0. The third-order valence-electron chi connectivity index (χ3n) is 10.1. The molecule has 3 heterocycles. The molecule has 6 rings (SSSR count). The Bertz CT molecular complexity index is 1910. The fraction of sp³-hybridized carbons (Fsp3) is 0.487. The maximum absolute atomic E-state index is 13.5. The van der Waals surface area contributed by atoms with E-state index in [4.69, 9.17) is 18.9 Å². The second-order valence-electron chi connectivity index (χ2n) is 13.5. The van der Waals surface area contributed by atoms with Gasteiger partial charge in [0.25, 0.3) is 0 Å². The molecule has 2 aromatic rings. The fourth-order valence-electron chi connectivity index (χ4n) is 7.49. The molecule has 2 aromatic carbocycles. The first-order valence-electron chi connectivity index (χ1n) is 17.7. The number of rotatable bonds is 14. The molecule has 51 heavy (non-hydrogen) atoms. The normalized spacial score (nSPS) is 21.7. The van der Waals surface area contributed by atoms with Gasteiger partial charge in [0.15, 0.2) is 6.29 Å². The minimum Gasteiger partial charge on any atom is -0.492 e. The standard InChI is InChI=1S/C39H45NO11/c1-3-48-38(46)37-27(20-43)32(24-8-10-30(45)25(18-24)22-7-9-29-23(17-22)11-13-40-29)33-35(49-16-6-15-42)26-19-31(39(2,47)12-4-5-14-41)50-34(26)28(21-44)36(33)51-37/h7,9,11,17,20,25,31,41-42,44,47H,3-6,8,10,12-16,18-19,21H2,1-2H3/b32-24-/t25-,31-,39-/m0/s1. The predicted octanol–water partition coefficient (Wildman–Crippen LogP) is 2.27. The number of benzene rings is 2. The lowest BCUT2D eigenvalue weighted by Gasteiger charge is -2.32. The molecule has 12 nitrogen and oxygen atoms in total. The Kier molecular flexibility index (Phi) is 11.1. The summed E-state index contributed by atoms with van der Waals surface area (Å²) in [5.41, 5.74) is 1.60. The van der Waals surface area contributed by atoms with Crippen LogP contribution in [-0.4, -0.2) is 83.1 Å². The number of aldehydes is 1. The summed E-state index contributed by atoms with van der Waals surface area (Å²) in [5, 5.41) is 43.2. The van der Waals surface area contributed by atoms with Gasteiger partial charge in [-0.15, -0.1) is 0 Å². The molecule has 3 aliphatic heterocycles. The largest absolute Gasteiger partial charge is 0.492 e. The van der Waals surface area contributed by atoms with Crippen LogP contribution in [0.4, 0.5) is 0 Å². The summed E-state index contributed by atoms with van der Waals surface area (Å²) in [4.78, 5) is 44.5. The number of hydrogen-bond acceptors (Lipinski definition) is 12. The zero-order valence-corrected chi connectivity index (χ0v) is 29.0. The van der Waals surface area contributed by atoms with Crippen LogP contribution in [0.1, 0.15) is 87.0 Å². The van der Waals surface area contributed by atoms with Gasteiger partial charge in [-0.25, -0.2) is 4.79 Å². The van der Waals surface area contributed by atoms with E-state index in [1.54, 1.807) is 13.8 Å². The highest BCUT2D eigenvalue weighted by molar-refractivity contribution is 6.11. The number of nitrogens with zero attached hydrogens (tertiary/aromatic N) is 1. The molecule has 4 N–H and O–H groups in total. The summed E-state index contributed by atoms with van der Waals surface area (Å²) in [5.74, 6) is -1.14. The molecule has 4 aliphatic rings. The van der Waals surface area contributed by atoms with Crippen LogP contribution in [0.25, 0.3) is 11.6 Å². The molecule has 1 fully saturated rings. The lowest BCUT2D eigenvalue weighted by atomic mass is 9.75. The van der Waals surface area contributed by atoms with E-state index in [0.29, 0.717) is 55.2 Å². The number of ketones is 1. The second-order valence-corrected chi connectivity index (χ2v) is 13.5. The van der Waals surface area contributed by atoms with E-state index in [2.05, 4.69) is 4.99 Å². The summed E-state index contributed by atoms with van der Waals surface area (Å²) in [6, 6.07) is 5.78. The number of allylic oxidation sites excluding steroid dienone is 3. The Balaban J connectivity index is 1.57. The van der Waals surface area contributed by atoms with Gasteiger partial charge in [0.2, 0.25) is 5.76 Å². The number of ether oxygens (including phenoxy) is 4. The minimum atomic E-state index is -1.33. The smallest absolute Gasteiger partial charge is 0.375 e. The number of esters is 1. The molecule has 0 radical (unpaired) electrons. The number of aliphatic hydroxyl groups excluding tert-OH is 3. The lowest BCUT2D eigenvalue weighted by molar-refractivity contribution is -0.141. The first-order valence-corrected chi connectivity index (χ1v) is 17.7. The van der Waals surface area contributed by atoms with Crippen molar-refractivity contribution in [3.8, 4) is 17.2 Å². The highest BCUT2D eigenvalue weighted by Gasteiger charge is 2.46. The minimum absolute atomic E-state index is 0.0110. The topological polar surface area (TPSA) is 181 Å². The first-order chi connectivity index (χ1) is 24.7. The first kappa shape index (κ1) is 36.4. The highest BCUT2D eigenvalue weighted by atomic mass is 16.6. The Morgan fingerprint density at radius 3 is 2.63 bits per heavy atom. The molecule has 12 heteroatoms. The van der Waals surface area contributed by atoms with Crippen molar-refractivity contribution in [2.24, 2.45) is 4.99 Å². The molecule has 1 saturated carbocycles. The van der Waals surface area contributed by atoms with Crippen molar-refractivity contribution in [3.63, 3.8) is 0 Å². The third-order valence-corrected chi connectivity index (χ3v) is 10.1. The number of Topliss-reactive ketones (excluding diaryl/α,β-unsaturated/α-hetero) is 1. The van der Waals surface area contributed by atoms with Crippen molar-refractivity contribution in [1.29, 1.82) is 0 Å². The molecule has 272 valence electrons. The van der Waals surface area contributed by atoms with Crippen LogP contribution >= 0.6 is 0 Å². The molecule has 0 amide bonds. The zero-order valence-electron chi connectivity index (χ0n) is 29.0. The summed E-state index contributed by atoms with van der Waals surface area (Å²) in [6.45, 7) is 3.22. The van der Waals surface area contributed by atoms with Crippen molar-refractivity contribution in [1.82, 2.24) is 0 Å². The van der Waals surface area contributed by atoms with Gasteiger partial charge in [0.1, 0.15) is 29.1 Å². The van der Waals surface area contributed by atoms with Crippen LogP contribution in [0.5, 0.6) is 17.2 Å². The third kappa shape index (κ3) is 6.97. The number of fused-ring (bicyclic) bond motifs is 3. The molecule has 0 unspecified atom stereocenters. The lowest BCUT2D eigenvalue weighted by Crippen LogP contribution is -2.42. The van der Waals surface area contributed by atoms with Crippen molar-refractivity contribution < 1.29 is 53.8 Å². The van der Waals surface area contributed by atoms with E-state index in [-0.39, 0.29) is 92.0 Å². The Morgan fingerprint density at radius 2 is 1.90 bits per heavy atom. The Labute approximate surface area is 295 Å². The highest BCUT2D eigenvalue weighted by Crippen LogP contribution is 2.56. The van der Waals surface area contributed by atoms with Crippen molar-refractivity contribution in [3.05, 3.63) is 67.9 Å². The molecular formula is C39H45NO11. The number of carbonyl (C=O) groups is 3. The van der Waals surface area contributed by atoms with Gasteiger partial charge in [0, 0.05) is 49.5 Å². The van der Waals surface area contributed by atoms with Crippen LogP contribution in [0.15, 0.2) is 40.1 Å². The SMILES string of the molecule is CCOC(=O)C1=C(C=O)/C(=C2\CCC(=O)[C@H](c3ccc4c(c3)=CCN=4)C2)c2c(OCCCO)c3c(c(CO)c2O1)O[C@H]([C@@](C)(O)CCCCO)C3. The van der Waals surface area contributed by atoms with Gasteiger partial charge in [-0.3, -0.25) is 14.6 Å². The number of unbranched alkanes of at least 4 members (excludes halogenated alkanes) is 1. The average Bonchev–Trinajstić information content (AvgIpc) is 3.79. The van der Waals surface area contributed by atoms with Crippen molar-refractivity contribution >= 4 is 29.7 Å². The molecule has 0 saturated heterocycles. The van der Waals surface area contributed by atoms with E-state index in [0.717, 1.165) is 21.7 Å². The molecule has 0 bridgehead atoms. The molecule has 0 spiro atoms. The van der Waals surface area contributed by atoms with E-state index in [9.17, 15) is 34.8 Å². The molecular weight excluding hydrogens is 658 g/mol. The number of carbonyl (C=O) groups excluding carboxylic acids is 3. The molecule has 0 aromatic heterocycles. The monoisotopic (exact) mass is 703 g/mol. The van der Waals surface area contributed by atoms with Crippen LogP contribution in [0.2, 0.25) is 0 Å². The van der Waals surface area contributed by atoms with Gasteiger partial charge in [-0.2, -0.15) is 0 Å². The summed E-state index contributed by atoms with van der Waals surface area (Å²) < 4.78 is 24.4. The van der Waals surface area contributed by atoms with Crippen molar-refractivity contribution in [2.45, 2.75) is 89.4 Å². The van der Waals surface area contributed by atoms with Gasteiger partial charge in [0.05, 0.1) is 54.0 Å². The maximum Gasteiger partial charge on any atom is 0.375 e. The van der Waals surface area contributed by atoms with Gasteiger partial charge >= 0.3 is 5.97 Å². The van der Waals surface area contributed by atoms with Gasteiger partial charge < -0.3 is 39.4 Å². The average molecular weight is 704 g/mol. The van der Waals surface area contributed by atoms with Crippen LogP contribution in [0, 0.1) is 0 Å². The van der Waals surface area contributed by atoms with Crippen LogP contribution in [-0.2, 0) is 32.1 Å². The summed E-state index contributed by atoms with van der Waals surface area (Å²) in [6.07, 6.45) is 4.37. The Hall–Kier alpha value is -4.36. The number of aliphatic hydroxyl groups is 4. The van der Waals surface area contributed by atoms with E-state index in [1.165, 1.54) is 0 Å². The van der Waals surface area contributed by atoms with Crippen LogP contribution in [0.3, 0.4) is 0 Å². The molecule has 3 atom stereocenters. The van der Waals surface area contributed by atoms with E-state index < -0.39 is 30.2 Å². The zero-order chi connectivity index (χ0) is 36.3.